The summed E-state index contributed by atoms with van der Waals surface area (Å²) in [5.41, 5.74) is 4.95. The number of carbonyl (C=O) groups excluding carboxylic acids is 2. The van der Waals surface area contributed by atoms with E-state index >= 15 is 0 Å². The summed E-state index contributed by atoms with van der Waals surface area (Å²) in [5.74, 6) is -0.277. The number of nitrogens with zero attached hydrogens (tertiary/aromatic N) is 1. The lowest BCUT2D eigenvalue weighted by Crippen LogP contribution is -2.35. The molecular formula is C35H36N2O6. The molecule has 2 amide bonds. The van der Waals surface area contributed by atoms with E-state index in [9.17, 15) is 19.5 Å². The Labute approximate surface area is 251 Å². The summed E-state index contributed by atoms with van der Waals surface area (Å²) >= 11 is 0. The van der Waals surface area contributed by atoms with Crippen LogP contribution in [0.3, 0.4) is 0 Å². The topological polar surface area (TPSA) is 105 Å². The molecule has 222 valence electrons. The predicted molar refractivity (Wildman–Crippen MR) is 166 cm³/mol. The first-order valence-electron chi connectivity index (χ1n) is 14.0. The van der Waals surface area contributed by atoms with Gasteiger partial charge in [0.25, 0.3) is 11.8 Å². The van der Waals surface area contributed by atoms with Gasteiger partial charge in [-0.25, -0.2) is 0 Å². The molecule has 0 aliphatic heterocycles. The summed E-state index contributed by atoms with van der Waals surface area (Å²) in [4.78, 5) is 40.4. The van der Waals surface area contributed by atoms with Gasteiger partial charge in [-0.15, -0.1) is 0 Å². The van der Waals surface area contributed by atoms with Crippen LogP contribution < -0.4 is 14.8 Å². The number of amides is 2. The molecule has 0 aromatic heterocycles. The quantitative estimate of drug-likeness (QED) is 0.208. The van der Waals surface area contributed by atoms with Crippen LogP contribution in [0.1, 0.15) is 43.8 Å². The summed E-state index contributed by atoms with van der Waals surface area (Å²) in [7, 11) is 3.15. The van der Waals surface area contributed by atoms with E-state index in [0.717, 1.165) is 16.7 Å². The summed E-state index contributed by atoms with van der Waals surface area (Å²) < 4.78 is 10.8. The predicted octanol–water partition coefficient (Wildman–Crippen LogP) is 5.77. The van der Waals surface area contributed by atoms with Gasteiger partial charge in [-0.1, -0.05) is 66.2 Å². The molecule has 2 N–H and O–H groups in total. The normalized spacial score (nSPS) is 10.6. The van der Waals surface area contributed by atoms with Crippen molar-refractivity contribution >= 4 is 17.8 Å². The van der Waals surface area contributed by atoms with E-state index in [1.165, 1.54) is 4.90 Å². The zero-order chi connectivity index (χ0) is 30.8. The largest absolute Gasteiger partial charge is 0.497 e. The SMILES string of the molecule is COc1ccc(OC)c(CCN(CCC(=O)O)C(=O)c2ccccc2-c2ccccc2C(=O)NCc2cccc(C)c2)c1. The van der Waals surface area contributed by atoms with Crippen LogP contribution in [0.4, 0.5) is 0 Å². The maximum Gasteiger partial charge on any atom is 0.305 e. The molecule has 0 radical (unpaired) electrons. The number of hydrogen-bond donors (Lipinski definition) is 2. The molecule has 4 aromatic carbocycles. The van der Waals surface area contributed by atoms with Gasteiger partial charge in [-0.05, 0) is 65.9 Å². The van der Waals surface area contributed by atoms with Gasteiger partial charge >= 0.3 is 5.97 Å². The molecular weight excluding hydrogens is 544 g/mol. The van der Waals surface area contributed by atoms with E-state index in [1.807, 2.05) is 55.5 Å². The monoisotopic (exact) mass is 580 g/mol. The van der Waals surface area contributed by atoms with Gasteiger partial charge in [0.15, 0.2) is 0 Å². The van der Waals surface area contributed by atoms with Crippen LogP contribution in [-0.2, 0) is 17.8 Å². The molecule has 0 heterocycles. The number of ether oxygens (including phenoxy) is 2. The van der Waals surface area contributed by atoms with E-state index in [2.05, 4.69) is 5.32 Å². The first-order valence-corrected chi connectivity index (χ1v) is 14.0. The fourth-order valence-corrected chi connectivity index (χ4v) is 4.97. The number of hydrogen-bond acceptors (Lipinski definition) is 5. The van der Waals surface area contributed by atoms with Crippen molar-refractivity contribution in [3.63, 3.8) is 0 Å². The highest BCUT2D eigenvalue weighted by Crippen LogP contribution is 2.29. The average molecular weight is 581 g/mol. The highest BCUT2D eigenvalue weighted by Gasteiger charge is 2.23. The molecule has 0 aliphatic carbocycles. The first kappa shape index (κ1) is 30.8. The number of aliphatic carboxylic acids is 1. The number of carboxylic acid groups (broad SMARTS) is 1. The number of benzene rings is 4. The smallest absolute Gasteiger partial charge is 0.305 e. The number of carbonyl (C=O) groups is 3. The minimum atomic E-state index is -0.999. The lowest BCUT2D eigenvalue weighted by molar-refractivity contribution is -0.137. The molecule has 8 heteroatoms. The minimum Gasteiger partial charge on any atom is -0.497 e. The van der Waals surface area contributed by atoms with E-state index < -0.39 is 5.97 Å². The Hall–Kier alpha value is -5.11. The van der Waals surface area contributed by atoms with Crippen molar-refractivity contribution in [2.24, 2.45) is 0 Å². The van der Waals surface area contributed by atoms with Gasteiger partial charge in [-0.2, -0.15) is 0 Å². The van der Waals surface area contributed by atoms with Crippen molar-refractivity contribution < 1.29 is 29.0 Å². The Bertz CT molecular complexity index is 1600. The maximum atomic E-state index is 14.1. The molecule has 8 nitrogen and oxygen atoms in total. The Morgan fingerprint density at radius 3 is 2.16 bits per heavy atom. The number of methoxy groups -OCH3 is 2. The van der Waals surface area contributed by atoms with Gasteiger partial charge in [0.05, 0.1) is 20.6 Å². The lowest BCUT2D eigenvalue weighted by atomic mass is 9.94. The Morgan fingerprint density at radius 2 is 1.49 bits per heavy atom. The van der Waals surface area contributed by atoms with Crippen LogP contribution in [-0.4, -0.2) is 55.1 Å². The molecule has 0 saturated heterocycles. The Balaban J connectivity index is 1.62. The third kappa shape index (κ3) is 8.01. The van der Waals surface area contributed by atoms with Crippen LogP contribution in [0.5, 0.6) is 11.5 Å². The van der Waals surface area contributed by atoms with E-state index in [1.54, 1.807) is 56.7 Å². The third-order valence-corrected chi connectivity index (χ3v) is 7.18. The zero-order valence-electron chi connectivity index (χ0n) is 24.6. The molecule has 0 fully saturated rings. The van der Waals surface area contributed by atoms with Crippen LogP contribution in [0.2, 0.25) is 0 Å². The zero-order valence-corrected chi connectivity index (χ0v) is 24.6. The Morgan fingerprint density at radius 1 is 0.791 bits per heavy atom. The molecule has 0 saturated carbocycles. The average Bonchev–Trinajstić information content (AvgIpc) is 3.03. The van der Waals surface area contributed by atoms with Gasteiger partial charge in [0.2, 0.25) is 0 Å². The maximum absolute atomic E-state index is 14.1. The number of nitrogens with one attached hydrogen (secondary N) is 1. The lowest BCUT2D eigenvalue weighted by Gasteiger charge is -2.24. The number of carboxylic acids is 1. The summed E-state index contributed by atoms with van der Waals surface area (Å²) in [6.07, 6.45) is 0.215. The van der Waals surface area contributed by atoms with Crippen molar-refractivity contribution in [1.29, 1.82) is 0 Å². The third-order valence-electron chi connectivity index (χ3n) is 7.18. The molecule has 0 unspecified atom stereocenters. The summed E-state index contributed by atoms with van der Waals surface area (Å²) in [5, 5.41) is 12.4. The van der Waals surface area contributed by atoms with Gasteiger partial charge in [0, 0.05) is 30.8 Å². The summed E-state index contributed by atoms with van der Waals surface area (Å²) in [6.45, 7) is 2.64. The molecule has 0 aliphatic rings. The second-order valence-corrected chi connectivity index (χ2v) is 10.1. The van der Waals surface area contributed by atoms with Gasteiger partial charge < -0.3 is 24.8 Å². The van der Waals surface area contributed by atoms with E-state index in [0.29, 0.717) is 46.7 Å². The molecule has 4 aromatic rings. The molecule has 4 rings (SSSR count). The highest BCUT2D eigenvalue weighted by molar-refractivity contribution is 6.06. The molecule has 0 spiro atoms. The highest BCUT2D eigenvalue weighted by atomic mass is 16.5. The fourth-order valence-electron chi connectivity index (χ4n) is 4.97. The standard InChI is InChI=1S/C35H36N2O6/c1-24-9-8-10-25(21-24)23-36-34(40)30-13-6-4-11-28(30)29-12-5-7-14-31(29)35(41)37(20-18-33(38)39)19-17-26-22-27(42-2)15-16-32(26)43-3/h4-16,21-22H,17-20,23H2,1-3H3,(H,36,40)(H,38,39). The van der Waals surface area contributed by atoms with E-state index in [-0.39, 0.29) is 31.3 Å². The second kappa shape index (κ2) is 14.7. The second-order valence-electron chi connectivity index (χ2n) is 10.1. The Kier molecular flexibility index (Phi) is 10.5. The van der Waals surface area contributed by atoms with Gasteiger partial charge in [0.1, 0.15) is 11.5 Å². The van der Waals surface area contributed by atoms with Crippen LogP contribution in [0.25, 0.3) is 11.1 Å². The minimum absolute atomic E-state index is 0.0212. The summed E-state index contributed by atoms with van der Waals surface area (Å²) in [6, 6.07) is 27.6. The van der Waals surface area contributed by atoms with Crippen LogP contribution >= 0.6 is 0 Å². The van der Waals surface area contributed by atoms with Crippen LogP contribution in [0, 0.1) is 6.92 Å². The molecule has 43 heavy (non-hydrogen) atoms. The van der Waals surface area contributed by atoms with Crippen molar-refractivity contribution in [3.05, 3.63) is 119 Å². The van der Waals surface area contributed by atoms with Crippen molar-refractivity contribution in [2.75, 3.05) is 27.3 Å². The fraction of sp³-hybridized carbons (Fsp3) is 0.229. The van der Waals surface area contributed by atoms with Gasteiger partial charge in [-0.3, -0.25) is 14.4 Å². The molecule has 0 atom stereocenters. The van der Waals surface area contributed by atoms with Crippen molar-refractivity contribution in [1.82, 2.24) is 10.2 Å². The van der Waals surface area contributed by atoms with Crippen molar-refractivity contribution in [3.8, 4) is 22.6 Å². The number of aryl methyl sites for hydroxylation is 1. The number of rotatable bonds is 13. The molecule has 0 bridgehead atoms. The first-order chi connectivity index (χ1) is 20.8. The van der Waals surface area contributed by atoms with E-state index in [4.69, 9.17) is 9.47 Å². The van der Waals surface area contributed by atoms with Crippen LogP contribution in [0.15, 0.2) is 91.0 Å². The van der Waals surface area contributed by atoms with Crippen molar-refractivity contribution in [2.45, 2.75) is 26.3 Å².